The predicted octanol–water partition coefficient (Wildman–Crippen LogP) is 14.1. The summed E-state index contributed by atoms with van der Waals surface area (Å²) in [6, 6.07) is 55.0. The van der Waals surface area contributed by atoms with Crippen molar-refractivity contribution in [3.63, 3.8) is 0 Å². The molecule has 0 fully saturated rings. The van der Waals surface area contributed by atoms with Crippen LogP contribution in [0.5, 0.6) is 5.75 Å². The molecule has 7 aromatic carbocycles. The van der Waals surface area contributed by atoms with Gasteiger partial charge in [0.05, 0.1) is 5.69 Å². The number of furan rings is 1. The van der Waals surface area contributed by atoms with E-state index in [1.54, 1.807) is 0 Å². The van der Waals surface area contributed by atoms with E-state index in [0.717, 1.165) is 64.5 Å². The molecular formula is C52H37NO2. The standard InChI is InChI=1S/C52H37NO2/c1-2-11-35(12-3-1)41-13-4-7-18-47(41)53(40-29-23-36(24-30-40)43-16-10-17-45-44-14-5-8-19-48(44)55-52(43)45)39-27-21-34(22-28-39)37-25-31-42-38(33-37)26-32-50-51(42)46-15-6-9-20-49(46)54-50/h1-5,7-14,16-18,20-33,48H,6,15,19H2. The van der Waals surface area contributed by atoms with E-state index < -0.39 is 0 Å². The molecule has 3 heteroatoms. The summed E-state index contributed by atoms with van der Waals surface area (Å²) in [5, 5.41) is 3.74. The number of aryl methyl sites for hydroxylation is 1. The zero-order valence-electron chi connectivity index (χ0n) is 30.3. The average Bonchev–Trinajstić information content (AvgIpc) is 3.84. The van der Waals surface area contributed by atoms with Crippen LogP contribution in [0.15, 0.2) is 180 Å². The summed E-state index contributed by atoms with van der Waals surface area (Å²) < 4.78 is 12.8. The van der Waals surface area contributed by atoms with Gasteiger partial charge in [-0.15, -0.1) is 0 Å². The second-order valence-electron chi connectivity index (χ2n) is 14.6. The highest BCUT2D eigenvalue weighted by atomic mass is 16.5. The number of rotatable bonds is 6. The molecule has 0 bridgehead atoms. The van der Waals surface area contributed by atoms with Crippen LogP contribution in [0.4, 0.5) is 17.1 Å². The molecule has 2 heterocycles. The van der Waals surface area contributed by atoms with Crippen LogP contribution in [0.1, 0.15) is 29.7 Å². The lowest BCUT2D eigenvalue weighted by atomic mass is 9.94. The minimum Gasteiger partial charge on any atom is -0.484 e. The van der Waals surface area contributed by atoms with E-state index in [1.165, 1.54) is 55.1 Å². The number of benzene rings is 7. The predicted molar refractivity (Wildman–Crippen MR) is 228 cm³/mol. The molecule has 262 valence electrons. The van der Waals surface area contributed by atoms with E-state index in [4.69, 9.17) is 9.15 Å². The first-order valence-electron chi connectivity index (χ1n) is 19.2. The van der Waals surface area contributed by atoms with Crippen LogP contribution < -0.4 is 9.64 Å². The topological polar surface area (TPSA) is 25.6 Å². The maximum Gasteiger partial charge on any atom is 0.135 e. The van der Waals surface area contributed by atoms with Gasteiger partial charge in [-0.1, -0.05) is 133 Å². The highest BCUT2D eigenvalue weighted by Crippen LogP contribution is 2.47. The summed E-state index contributed by atoms with van der Waals surface area (Å²) in [6.07, 6.45) is 13.9. The van der Waals surface area contributed by atoms with Crippen molar-refractivity contribution in [2.45, 2.75) is 25.4 Å². The molecular weight excluding hydrogens is 671 g/mol. The Morgan fingerprint density at radius 2 is 1.31 bits per heavy atom. The SMILES string of the molecule is C1=CCC2Oc3c(cccc3-c3ccc(N(c4ccc(-c5ccc6c(ccc7oc8c(c76)CCC=C8)c5)cc4)c4ccccc4-c4ccccc4)cc3)C2=C1. The van der Waals surface area contributed by atoms with Gasteiger partial charge in [0, 0.05) is 51.0 Å². The Labute approximate surface area is 320 Å². The number of ether oxygens (including phenoxy) is 1. The molecule has 3 nitrogen and oxygen atoms in total. The number of hydrogen-bond donors (Lipinski definition) is 0. The van der Waals surface area contributed by atoms with Crippen molar-refractivity contribution >= 4 is 50.5 Å². The Balaban J connectivity index is 0.983. The summed E-state index contributed by atoms with van der Waals surface area (Å²) >= 11 is 0. The fourth-order valence-corrected chi connectivity index (χ4v) is 8.78. The quantitative estimate of drug-likeness (QED) is 0.172. The van der Waals surface area contributed by atoms with Crippen molar-refractivity contribution in [2.24, 2.45) is 0 Å². The first-order valence-corrected chi connectivity index (χ1v) is 19.2. The van der Waals surface area contributed by atoms with Crippen LogP contribution in [0.25, 0.3) is 66.8 Å². The van der Waals surface area contributed by atoms with E-state index in [-0.39, 0.29) is 6.10 Å². The number of anilines is 3. The number of fused-ring (bicyclic) bond motifs is 8. The lowest BCUT2D eigenvalue weighted by molar-refractivity contribution is 0.280. The third-order valence-corrected chi connectivity index (χ3v) is 11.5. The highest BCUT2D eigenvalue weighted by Gasteiger charge is 2.31. The van der Waals surface area contributed by atoms with Crippen LogP contribution >= 0.6 is 0 Å². The monoisotopic (exact) mass is 707 g/mol. The third-order valence-electron chi connectivity index (χ3n) is 11.5. The van der Waals surface area contributed by atoms with Crippen molar-refractivity contribution in [3.05, 3.63) is 193 Å². The number of nitrogens with zero attached hydrogens (tertiary/aromatic N) is 1. The minimum absolute atomic E-state index is 0.0957. The molecule has 3 aliphatic rings. The van der Waals surface area contributed by atoms with Crippen LogP contribution in [0.3, 0.4) is 0 Å². The number of hydrogen-bond acceptors (Lipinski definition) is 3. The van der Waals surface area contributed by atoms with Crippen LogP contribution in [0.2, 0.25) is 0 Å². The molecule has 0 saturated heterocycles. The molecule has 8 aromatic rings. The zero-order valence-corrected chi connectivity index (χ0v) is 30.3. The van der Waals surface area contributed by atoms with Gasteiger partial charge in [0.15, 0.2) is 0 Å². The summed E-state index contributed by atoms with van der Waals surface area (Å²) in [7, 11) is 0. The molecule has 11 rings (SSSR count). The van der Waals surface area contributed by atoms with Crippen molar-refractivity contribution in [1.29, 1.82) is 0 Å². The Morgan fingerprint density at radius 1 is 0.582 bits per heavy atom. The lowest BCUT2D eigenvalue weighted by Crippen LogP contribution is -2.12. The van der Waals surface area contributed by atoms with Crippen molar-refractivity contribution in [2.75, 3.05) is 4.90 Å². The largest absolute Gasteiger partial charge is 0.484 e. The fourth-order valence-electron chi connectivity index (χ4n) is 8.78. The summed E-state index contributed by atoms with van der Waals surface area (Å²) in [5.74, 6) is 1.99. The molecule has 0 N–H and O–H groups in total. The van der Waals surface area contributed by atoms with Gasteiger partial charge >= 0.3 is 0 Å². The molecule has 0 radical (unpaired) electrons. The van der Waals surface area contributed by atoms with E-state index in [0.29, 0.717) is 0 Å². The molecule has 0 amide bonds. The smallest absolute Gasteiger partial charge is 0.135 e. The Kier molecular flexibility index (Phi) is 7.44. The maximum atomic E-state index is 6.55. The second kappa shape index (κ2) is 12.9. The van der Waals surface area contributed by atoms with Gasteiger partial charge in [0.1, 0.15) is 23.2 Å². The molecule has 1 atom stereocenters. The summed E-state index contributed by atoms with van der Waals surface area (Å²) in [5.41, 5.74) is 15.1. The van der Waals surface area contributed by atoms with Gasteiger partial charge in [0.25, 0.3) is 0 Å². The zero-order chi connectivity index (χ0) is 36.3. The molecule has 1 aliphatic heterocycles. The fraction of sp³-hybridized carbons (Fsp3) is 0.0769. The molecule has 0 saturated carbocycles. The first kappa shape index (κ1) is 31.7. The average molecular weight is 708 g/mol. The molecule has 55 heavy (non-hydrogen) atoms. The van der Waals surface area contributed by atoms with E-state index in [1.807, 2.05) is 0 Å². The van der Waals surface area contributed by atoms with Crippen molar-refractivity contribution in [1.82, 2.24) is 0 Å². The summed E-state index contributed by atoms with van der Waals surface area (Å²) in [6.45, 7) is 0. The maximum absolute atomic E-state index is 6.55. The van der Waals surface area contributed by atoms with Crippen LogP contribution in [-0.2, 0) is 6.42 Å². The third kappa shape index (κ3) is 5.34. The van der Waals surface area contributed by atoms with E-state index in [2.05, 4.69) is 187 Å². The van der Waals surface area contributed by atoms with Crippen LogP contribution in [0, 0.1) is 0 Å². The van der Waals surface area contributed by atoms with Crippen molar-refractivity contribution in [3.8, 4) is 39.1 Å². The van der Waals surface area contributed by atoms with E-state index in [9.17, 15) is 0 Å². The van der Waals surface area contributed by atoms with Crippen molar-refractivity contribution < 1.29 is 9.15 Å². The molecule has 1 aromatic heterocycles. The van der Waals surface area contributed by atoms with Gasteiger partial charge in [-0.25, -0.2) is 0 Å². The van der Waals surface area contributed by atoms with Gasteiger partial charge in [-0.2, -0.15) is 0 Å². The highest BCUT2D eigenvalue weighted by molar-refractivity contribution is 6.09. The molecule has 0 spiro atoms. The Bertz CT molecular complexity index is 2860. The van der Waals surface area contributed by atoms with E-state index >= 15 is 0 Å². The van der Waals surface area contributed by atoms with Gasteiger partial charge in [-0.3, -0.25) is 0 Å². The Morgan fingerprint density at radius 3 is 2.16 bits per heavy atom. The van der Waals surface area contributed by atoms with Gasteiger partial charge in [0.2, 0.25) is 0 Å². The second-order valence-corrected chi connectivity index (χ2v) is 14.6. The lowest BCUT2D eigenvalue weighted by Gasteiger charge is -2.28. The summed E-state index contributed by atoms with van der Waals surface area (Å²) in [4.78, 5) is 2.38. The molecule has 1 unspecified atom stereocenters. The molecule has 2 aliphatic carbocycles. The van der Waals surface area contributed by atoms with Gasteiger partial charge in [-0.05, 0) is 94.4 Å². The first-order chi connectivity index (χ1) is 27.3. The Hall–Kier alpha value is -6.84. The van der Waals surface area contributed by atoms with Crippen LogP contribution in [-0.4, -0.2) is 6.10 Å². The normalized spacial score (nSPS) is 15.3. The number of allylic oxidation sites excluding steroid dienone is 3. The minimum atomic E-state index is 0.0957. The van der Waals surface area contributed by atoms with Gasteiger partial charge < -0.3 is 14.1 Å². The number of para-hydroxylation sites is 2.